The Hall–Kier alpha value is -1.49. The molecule has 0 aliphatic rings. The second-order valence-corrected chi connectivity index (χ2v) is 7.03. The molecule has 0 saturated carbocycles. The van der Waals surface area contributed by atoms with E-state index in [9.17, 15) is 13.2 Å². The third kappa shape index (κ3) is 3.59. The molecule has 0 aliphatic carbocycles. The summed E-state index contributed by atoms with van der Waals surface area (Å²) in [4.78, 5) is 14.6. The normalized spacial score (nSPS) is 11.7. The molecule has 0 amide bonds. The van der Waals surface area contributed by atoms with E-state index in [1.54, 1.807) is 0 Å². The molecule has 0 atom stereocenters. The zero-order valence-electron chi connectivity index (χ0n) is 10.8. The maximum Gasteiger partial charge on any atom is 0.355 e. The van der Waals surface area contributed by atoms with Crippen LogP contribution in [-0.4, -0.2) is 40.8 Å². The van der Waals surface area contributed by atoms with Crippen molar-refractivity contribution in [3.63, 3.8) is 0 Å². The largest absolute Gasteiger partial charge is 0.476 e. The lowest BCUT2D eigenvalue weighted by atomic mass is 10.4. The van der Waals surface area contributed by atoms with Crippen LogP contribution in [0.15, 0.2) is 16.6 Å². The molecule has 2 rings (SSSR count). The van der Waals surface area contributed by atoms with E-state index in [0.29, 0.717) is 5.01 Å². The number of halogens is 1. The fraction of sp³-hybridized carbons (Fsp3) is 0.300. The number of carbonyl (C=O) groups is 1. The lowest BCUT2D eigenvalue weighted by Crippen LogP contribution is -2.28. The van der Waals surface area contributed by atoms with Crippen molar-refractivity contribution >= 4 is 38.9 Å². The van der Waals surface area contributed by atoms with Crippen LogP contribution in [0.2, 0.25) is 5.02 Å². The van der Waals surface area contributed by atoms with E-state index in [0.717, 1.165) is 16.0 Å². The van der Waals surface area contributed by atoms with E-state index in [1.165, 1.54) is 18.6 Å². The van der Waals surface area contributed by atoms with Crippen LogP contribution in [0.5, 0.6) is 0 Å². The number of hydrogen-bond donors (Lipinski definition) is 2. The first-order valence-corrected chi connectivity index (χ1v) is 8.40. The fourth-order valence-electron chi connectivity index (χ4n) is 1.59. The average molecular weight is 351 g/mol. The van der Waals surface area contributed by atoms with Crippen LogP contribution in [-0.2, 0) is 23.5 Å². The molecule has 2 aromatic heterocycles. The molecule has 114 valence electrons. The minimum atomic E-state index is -3.78. The topological polar surface area (TPSA) is 114 Å². The van der Waals surface area contributed by atoms with E-state index in [4.69, 9.17) is 16.7 Å². The second kappa shape index (κ2) is 6.10. The highest BCUT2D eigenvalue weighted by atomic mass is 35.5. The van der Waals surface area contributed by atoms with Gasteiger partial charge in [-0.1, -0.05) is 11.6 Å². The molecule has 0 unspecified atom stereocenters. The van der Waals surface area contributed by atoms with Crippen molar-refractivity contribution in [1.82, 2.24) is 19.5 Å². The van der Waals surface area contributed by atoms with Gasteiger partial charge in [0.2, 0.25) is 0 Å². The Morgan fingerprint density at radius 1 is 1.57 bits per heavy atom. The summed E-state index contributed by atoms with van der Waals surface area (Å²) < 4.78 is 27.7. The zero-order valence-corrected chi connectivity index (χ0v) is 13.2. The Balaban J connectivity index is 2.01. The molecule has 0 saturated heterocycles. The highest BCUT2D eigenvalue weighted by Gasteiger charge is 2.22. The summed E-state index contributed by atoms with van der Waals surface area (Å²) in [5.41, 5.74) is -0.0486. The van der Waals surface area contributed by atoms with Gasteiger partial charge in [0.05, 0.1) is 16.2 Å². The van der Waals surface area contributed by atoms with Gasteiger partial charge in [0.15, 0.2) is 10.7 Å². The number of carboxylic acids is 1. The average Bonchev–Trinajstić information content (AvgIpc) is 2.96. The smallest absolute Gasteiger partial charge is 0.355 e. The summed E-state index contributed by atoms with van der Waals surface area (Å²) in [6.45, 7) is 0.0798. The second-order valence-electron chi connectivity index (χ2n) is 4.00. The molecular weight excluding hydrogens is 340 g/mol. The van der Waals surface area contributed by atoms with Gasteiger partial charge in [-0.25, -0.2) is 22.9 Å². The van der Waals surface area contributed by atoms with E-state index in [1.807, 2.05) is 0 Å². The van der Waals surface area contributed by atoms with Gasteiger partial charge >= 0.3 is 5.97 Å². The summed E-state index contributed by atoms with van der Waals surface area (Å²) in [6, 6.07) is 0. The number of aryl methyl sites for hydroxylation is 1. The van der Waals surface area contributed by atoms with Gasteiger partial charge < -0.3 is 5.11 Å². The Labute approximate surface area is 129 Å². The number of hydrogen-bond acceptors (Lipinski definition) is 6. The number of sulfonamides is 1. The number of aromatic nitrogens is 3. The molecule has 0 radical (unpaired) electrons. The molecule has 11 heteroatoms. The Morgan fingerprint density at radius 3 is 2.81 bits per heavy atom. The molecule has 0 bridgehead atoms. The van der Waals surface area contributed by atoms with Crippen LogP contribution in [0.3, 0.4) is 0 Å². The summed E-state index contributed by atoms with van der Waals surface area (Å²) in [5.74, 6) is -1.11. The molecular formula is C10H11ClN4O4S2. The highest BCUT2D eigenvalue weighted by Crippen LogP contribution is 2.19. The molecule has 2 aromatic rings. The summed E-state index contributed by atoms with van der Waals surface area (Å²) in [5, 5.41) is 14.4. The Morgan fingerprint density at radius 2 is 2.29 bits per heavy atom. The van der Waals surface area contributed by atoms with E-state index in [2.05, 4.69) is 14.8 Å². The number of aromatic carboxylic acids is 1. The molecule has 0 aliphatic heterocycles. The minimum Gasteiger partial charge on any atom is -0.476 e. The predicted molar refractivity (Wildman–Crippen MR) is 76.2 cm³/mol. The monoisotopic (exact) mass is 350 g/mol. The molecule has 8 nitrogen and oxygen atoms in total. The van der Waals surface area contributed by atoms with Gasteiger partial charge in [-0.3, -0.25) is 4.68 Å². The molecule has 21 heavy (non-hydrogen) atoms. The molecule has 0 spiro atoms. The predicted octanol–water partition coefficient (Wildman–Crippen LogP) is 0.749. The Bertz CT molecular complexity index is 748. The van der Waals surface area contributed by atoms with Crippen molar-refractivity contribution in [2.24, 2.45) is 7.05 Å². The van der Waals surface area contributed by atoms with Crippen molar-refractivity contribution in [2.75, 3.05) is 6.54 Å². The molecule has 2 N–H and O–H groups in total. The van der Waals surface area contributed by atoms with Crippen molar-refractivity contribution in [2.45, 2.75) is 11.4 Å². The summed E-state index contributed by atoms with van der Waals surface area (Å²) in [7, 11) is -2.31. The SMILES string of the molecule is Cn1ncc(Cl)c1S(=O)(=O)NCCc1nc(C(=O)O)cs1. The highest BCUT2D eigenvalue weighted by molar-refractivity contribution is 7.89. The molecule has 2 heterocycles. The molecule has 0 aromatic carbocycles. The lowest BCUT2D eigenvalue weighted by Gasteiger charge is -2.06. The van der Waals surface area contributed by atoms with E-state index < -0.39 is 16.0 Å². The zero-order chi connectivity index (χ0) is 15.6. The van der Waals surface area contributed by atoms with Gasteiger partial charge in [0.1, 0.15) is 0 Å². The van der Waals surface area contributed by atoms with Crippen LogP contribution < -0.4 is 4.72 Å². The summed E-state index contributed by atoms with van der Waals surface area (Å²) in [6.07, 6.45) is 1.53. The third-order valence-electron chi connectivity index (χ3n) is 2.50. The maximum atomic E-state index is 12.1. The van der Waals surface area contributed by atoms with E-state index >= 15 is 0 Å². The van der Waals surface area contributed by atoms with Crippen molar-refractivity contribution in [1.29, 1.82) is 0 Å². The first kappa shape index (κ1) is 15.9. The quantitative estimate of drug-likeness (QED) is 0.794. The summed E-state index contributed by atoms with van der Waals surface area (Å²) >= 11 is 6.95. The lowest BCUT2D eigenvalue weighted by molar-refractivity contribution is 0.0691. The molecule has 0 fully saturated rings. The number of rotatable bonds is 6. The van der Waals surface area contributed by atoms with Crippen molar-refractivity contribution in [3.8, 4) is 0 Å². The van der Waals surface area contributed by atoms with Crippen LogP contribution in [0.4, 0.5) is 0 Å². The standard InChI is InChI=1S/C10H11ClN4O4S2/c1-15-9(6(11)4-12-15)21(18,19)13-3-2-8-14-7(5-20-8)10(16)17/h4-5,13H,2-3H2,1H3,(H,16,17). The van der Waals surface area contributed by atoms with Crippen LogP contribution in [0, 0.1) is 0 Å². The van der Waals surface area contributed by atoms with Crippen molar-refractivity contribution in [3.05, 3.63) is 27.3 Å². The number of nitrogens with zero attached hydrogens (tertiary/aromatic N) is 3. The van der Waals surface area contributed by atoms with Crippen LogP contribution in [0.25, 0.3) is 0 Å². The van der Waals surface area contributed by atoms with Gasteiger partial charge in [-0.2, -0.15) is 5.10 Å². The fourth-order valence-corrected chi connectivity index (χ4v) is 4.04. The first-order valence-electron chi connectivity index (χ1n) is 5.66. The maximum absolute atomic E-state index is 12.1. The number of carboxylic acid groups (broad SMARTS) is 1. The first-order chi connectivity index (χ1) is 9.81. The van der Waals surface area contributed by atoms with E-state index in [-0.39, 0.29) is 28.7 Å². The van der Waals surface area contributed by atoms with Crippen molar-refractivity contribution < 1.29 is 18.3 Å². The number of thiazole rings is 1. The minimum absolute atomic E-state index is 0.0346. The van der Waals surface area contributed by atoms with Crippen LogP contribution >= 0.6 is 22.9 Å². The van der Waals surface area contributed by atoms with Gasteiger partial charge in [0, 0.05) is 25.4 Å². The van der Waals surface area contributed by atoms with Gasteiger partial charge in [-0.15, -0.1) is 11.3 Å². The Kier molecular flexibility index (Phi) is 4.61. The number of nitrogens with one attached hydrogen (secondary N) is 1. The van der Waals surface area contributed by atoms with Crippen LogP contribution in [0.1, 0.15) is 15.5 Å². The van der Waals surface area contributed by atoms with Gasteiger partial charge in [-0.05, 0) is 0 Å². The van der Waals surface area contributed by atoms with Gasteiger partial charge in [0.25, 0.3) is 10.0 Å². The third-order valence-corrected chi connectivity index (χ3v) is 5.37.